The van der Waals surface area contributed by atoms with Gasteiger partial charge in [-0.1, -0.05) is 38.5 Å². The van der Waals surface area contributed by atoms with E-state index in [0.29, 0.717) is 5.92 Å². The van der Waals surface area contributed by atoms with Crippen molar-refractivity contribution < 1.29 is 4.79 Å². The first-order valence-electron chi connectivity index (χ1n) is 10.3. The summed E-state index contributed by atoms with van der Waals surface area (Å²) in [5.74, 6) is 0.708. The normalized spacial score (nSPS) is 22.0. The Balaban J connectivity index is 1.38. The fraction of sp³-hybridized carbons (Fsp3) is 0.522. The lowest BCUT2D eigenvalue weighted by molar-refractivity contribution is -0.121. The predicted molar refractivity (Wildman–Crippen MR) is 113 cm³/mol. The lowest BCUT2D eigenvalue weighted by Crippen LogP contribution is -2.36. The molecule has 0 radical (unpaired) electrons. The van der Waals surface area contributed by atoms with E-state index in [1.807, 2.05) is 23.5 Å². The molecule has 27 heavy (non-hydrogen) atoms. The predicted octanol–water partition coefficient (Wildman–Crippen LogP) is 5.21. The topological polar surface area (TPSA) is 32.3 Å². The Bertz CT molecular complexity index is 812. The van der Waals surface area contributed by atoms with Crippen LogP contribution in [0.4, 0.5) is 5.69 Å². The van der Waals surface area contributed by atoms with E-state index in [0.717, 1.165) is 44.5 Å². The summed E-state index contributed by atoms with van der Waals surface area (Å²) in [5.41, 5.74) is 3.41. The first-order valence-corrected chi connectivity index (χ1v) is 11.1. The van der Waals surface area contributed by atoms with Gasteiger partial charge in [-0.25, -0.2) is 0 Å². The summed E-state index contributed by atoms with van der Waals surface area (Å²) in [6.45, 7) is 7.85. The van der Waals surface area contributed by atoms with Crippen molar-refractivity contribution in [3.05, 3.63) is 51.7 Å². The molecular weight excluding hydrogens is 352 g/mol. The molecule has 1 unspecified atom stereocenters. The molecule has 0 aliphatic carbocycles. The van der Waals surface area contributed by atoms with E-state index in [-0.39, 0.29) is 11.3 Å². The van der Waals surface area contributed by atoms with Gasteiger partial charge in [0.2, 0.25) is 5.91 Å². The van der Waals surface area contributed by atoms with Crippen LogP contribution in [0.25, 0.3) is 0 Å². The van der Waals surface area contributed by atoms with E-state index in [1.54, 1.807) is 4.88 Å². The van der Waals surface area contributed by atoms with E-state index in [1.165, 1.54) is 24.1 Å². The van der Waals surface area contributed by atoms with Crippen LogP contribution in [0, 0.1) is 5.92 Å². The number of nitrogens with one attached hydrogen (secondary N) is 1. The Morgan fingerprint density at radius 2 is 2.07 bits per heavy atom. The van der Waals surface area contributed by atoms with Crippen molar-refractivity contribution in [2.24, 2.45) is 5.92 Å². The van der Waals surface area contributed by atoms with Crippen molar-refractivity contribution >= 4 is 22.9 Å². The Morgan fingerprint density at radius 3 is 2.93 bits per heavy atom. The Labute approximate surface area is 166 Å². The van der Waals surface area contributed by atoms with Crippen LogP contribution in [0.2, 0.25) is 0 Å². The molecule has 0 saturated carbocycles. The molecular formula is C23H30N2OS. The average molecular weight is 383 g/mol. The molecule has 0 spiro atoms. The highest BCUT2D eigenvalue weighted by Crippen LogP contribution is 2.45. The second-order valence-corrected chi connectivity index (χ2v) is 9.53. The minimum Gasteiger partial charge on any atom is -0.325 e. The van der Waals surface area contributed by atoms with Crippen LogP contribution in [0.3, 0.4) is 0 Å². The molecule has 1 N–H and O–H groups in total. The highest BCUT2D eigenvalue weighted by atomic mass is 32.1. The van der Waals surface area contributed by atoms with Gasteiger partial charge in [-0.3, -0.25) is 9.69 Å². The highest BCUT2D eigenvalue weighted by molar-refractivity contribution is 7.10. The number of carbonyl (C=O) groups excluding carboxylic acids is 1. The summed E-state index contributed by atoms with van der Waals surface area (Å²) in [6.07, 6.45) is 5.33. The number of hydrogen-bond acceptors (Lipinski definition) is 3. The zero-order valence-electron chi connectivity index (χ0n) is 16.5. The average Bonchev–Trinajstić information content (AvgIpc) is 3.21. The fourth-order valence-corrected chi connectivity index (χ4v) is 5.77. The zero-order valence-corrected chi connectivity index (χ0v) is 17.3. The summed E-state index contributed by atoms with van der Waals surface area (Å²) >= 11 is 1.90. The van der Waals surface area contributed by atoms with E-state index in [4.69, 9.17) is 0 Å². The number of benzene rings is 1. The van der Waals surface area contributed by atoms with Crippen LogP contribution >= 0.6 is 11.3 Å². The van der Waals surface area contributed by atoms with Gasteiger partial charge < -0.3 is 5.32 Å². The van der Waals surface area contributed by atoms with E-state index >= 15 is 0 Å². The Hall–Kier alpha value is -1.65. The second kappa shape index (κ2) is 7.76. The van der Waals surface area contributed by atoms with E-state index in [2.05, 4.69) is 47.6 Å². The molecule has 3 nitrogen and oxygen atoms in total. The molecule has 1 amide bonds. The molecule has 2 aliphatic rings. The summed E-state index contributed by atoms with van der Waals surface area (Å²) in [5, 5.41) is 5.37. The first-order chi connectivity index (χ1) is 13.1. The van der Waals surface area contributed by atoms with Crippen LogP contribution in [-0.2, 0) is 23.2 Å². The third-order valence-electron chi connectivity index (χ3n) is 6.10. The number of amides is 1. The molecule has 0 bridgehead atoms. The molecule has 2 aliphatic heterocycles. The van der Waals surface area contributed by atoms with Crippen molar-refractivity contribution in [1.29, 1.82) is 0 Å². The molecule has 4 rings (SSSR count). The zero-order chi connectivity index (χ0) is 18.9. The number of para-hydroxylation sites is 1. The van der Waals surface area contributed by atoms with Crippen LogP contribution in [0.15, 0.2) is 35.7 Å². The lowest BCUT2D eigenvalue weighted by atomic mass is 9.72. The van der Waals surface area contributed by atoms with Gasteiger partial charge >= 0.3 is 0 Å². The van der Waals surface area contributed by atoms with E-state index < -0.39 is 0 Å². The second-order valence-electron chi connectivity index (χ2n) is 8.53. The van der Waals surface area contributed by atoms with Crippen LogP contribution in [0.1, 0.15) is 55.5 Å². The van der Waals surface area contributed by atoms with Gasteiger partial charge in [0.15, 0.2) is 0 Å². The van der Waals surface area contributed by atoms with Gasteiger partial charge in [0, 0.05) is 23.7 Å². The van der Waals surface area contributed by atoms with Gasteiger partial charge in [-0.2, -0.15) is 0 Å². The van der Waals surface area contributed by atoms with Crippen LogP contribution < -0.4 is 5.32 Å². The van der Waals surface area contributed by atoms with Crippen LogP contribution in [-0.4, -0.2) is 23.9 Å². The Morgan fingerprint density at radius 1 is 1.22 bits per heavy atom. The third-order valence-corrected chi connectivity index (χ3v) is 7.12. The number of unbranched alkanes of at least 4 members (excludes halogenated alkanes) is 1. The van der Waals surface area contributed by atoms with Gasteiger partial charge in [-0.15, -0.1) is 11.3 Å². The molecule has 144 valence electrons. The first kappa shape index (κ1) is 18.7. The summed E-state index contributed by atoms with van der Waals surface area (Å²) in [7, 11) is 0. The number of anilines is 1. The van der Waals surface area contributed by atoms with E-state index in [9.17, 15) is 4.79 Å². The van der Waals surface area contributed by atoms with Crippen molar-refractivity contribution in [2.75, 3.05) is 18.4 Å². The number of nitrogens with zero attached hydrogens (tertiary/aromatic N) is 1. The van der Waals surface area contributed by atoms with Crippen molar-refractivity contribution in [1.82, 2.24) is 4.90 Å². The molecule has 1 aromatic heterocycles. The van der Waals surface area contributed by atoms with Crippen molar-refractivity contribution in [2.45, 2.75) is 57.9 Å². The lowest BCUT2D eigenvalue weighted by Gasteiger charge is -2.30. The maximum atomic E-state index is 13.0. The molecule has 0 fully saturated rings. The fourth-order valence-electron chi connectivity index (χ4n) is 4.88. The van der Waals surface area contributed by atoms with Crippen molar-refractivity contribution in [3.63, 3.8) is 0 Å². The van der Waals surface area contributed by atoms with Gasteiger partial charge in [0.25, 0.3) is 0 Å². The SMILES string of the molecule is CC(C)CC1(CCCCN2CCc3sccc3C2)C(=O)Nc2ccccc21. The molecule has 0 saturated heterocycles. The number of fused-ring (bicyclic) bond motifs is 2. The molecule has 1 atom stereocenters. The summed E-state index contributed by atoms with van der Waals surface area (Å²) in [6, 6.07) is 10.6. The quantitative estimate of drug-likeness (QED) is 0.667. The summed E-state index contributed by atoms with van der Waals surface area (Å²) in [4.78, 5) is 17.1. The monoisotopic (exact) mass is 382 g/mol. The largest absolute Gasteiger partial charge is 0.325 e. The summed E-state index contributed by atoms with van der Waals surface area (Å²) < 4.78 is 0. The molecule has 1 aromatic carbocycles. The van der Waals surface area contributed by atoms with Gasteiger partial charge in [0.05, 0.1) is 5.41 Å². The maximum Gasteiger partial charge on any atom is 0.235 e. The van der Waals surface area contributed by atoms with Crippen LogP contribution in [0.5, 0.6) is 0 Å². The Kier molecular flexibility index (Phi) is 5.38. The maximum absolute atomic E-state index is 13.0. The van der Waals surface area contributed by atoms with Gasteiger partial charge in [-0.05, 0) is 66.8 Å². The van der Waals surface area contributed by atoms with Gasteiger partial charge in [0.1, 0.15) is 0 Å². The number of rotatable bonds is 7. The molecule has 3 heterocycles. The van der Waals surface area contributed by atoms with Crippen molar-refractivity contribution in [3.8, 4) is 0 Å². The minimum absolute atomic E-state index is 0.207. The molecule has 4 heteroatoms. The smallest absolute Gasteiger partial charge is 0.235 e. The number of carbonyl (C=O) groups is 1. The molecule has 2 aromatic rings. The highest BCUT2D eigenvalue weighted by Gasteiger charge is 2.46. The standard InChI is InChI=1S/C23H30N2OS/c1-17(2)15-23(19-7-3-4-8-20(19)24-22(23)26)11-5-6-12-25-13-9-21-18(16-25)10-14-27-21/h3-4,7-8,10,14,17H,5-6,9,11-13,15-16H2,1-2H3,(H,24,26). The third kappa shape index (κ3) is 3.70. The minimum atomic E-state index is -0.340. The number of hydrogen-bond donors (Lipinski definition) is 1. The number of thiophene rings is 1.